The van der Waals surface area contributed by atoms with Crippen molar-refractivity contribution in [2.24, 2.45) is 0 Å². The van der Waals surface area contributed by atoms with Gasteiger partial charge in [-0.1, -0.05) is 52.9 Å². The van der Waals surface area contributed by atoms with Gasteiger partial charge in [-0.05, 0) is 35.2 Å². The summed E-state index contributed by atoms with van der Waals surface area (Å²) >= 11 is 1.81. The van der Waals surface area contributed by atoms with Gasteiger partial charge in [0.15, 0.2) is 0 Å². The number of aryl methyl sites for hydroxylation is 1. The van der Waals surface area contributed by atoms with Crippen LogP contribution in [0.2, 0.25) is 0 Å². The normalized spacial score (nSPS) is 9.53. The third-order valence-electron chi connectivity index (χ3n) is 2.40. The van der Waals surface area contributed by atoms with Gasteiger partial charge < -0.3 is 0 Å². The zero-order chi connectivity index (χ0) is 11.4. The smallest absolute Gasteiger partial charge is 0.00613 e. The van der Waals surface area contributed by atoms with Crippen molar-refractivity contribution in [3.63, 3.8) is 0 Å². The largest absolute Gasteiger partial charge is 0.152 e. The molecule has 0 N–H and O–H groups in total. The van der Waals surface area contributed by atoms with Gasteiger partial charge in [0.1, 0.15) is 0 Å². The highest BCUT2D eigenvalue weighted by Crippen LogP contribution is 2.12. The highest BCUT2D eigenvalue weighted by atomic mass is 32.1. The Morgan fingerprint density at radius 1 is 1.00 bits per heavy atom. The summed E-state index contributed by atoms with van der Waals surface area (Å²) in [5.41, 5.74) is 1.53. The van der Waals surface area contributed by atoms with Crippen molar-refractivity contribution in [2.75, 3.05) is 0 Å². The molecule has 0 saturated heterocycles. The average molecular weight is 226 g/mol. The van der Waals surface area contributed by atoms with Crippen molar-refractivity contribution >= 4 is 11.3 Å². The van der Waals surface area contributed by atoms with Crippen LogP contribution in [0.25, 0.3) is 0 Å². The van der Waals surface area contributed by atoms with Crippen molar-refractivity contribution in [2.45, 2.75) is 65.7 Å². The van der Waals surface area contributed by atoms with Crippen LogP contribution < -0.4 is 0 Å². The summed E-state index contributed by atoms with van der Waals surface area (Å²) in [4.78, 5) is 0. The zero-order valence-electron chi connectivity index (χ0n) is 10.6. The predicted molar refractivity (Wildman–Crippen MR) is 72.7 cm³/mol. The van der Waals surface area contributed by atoms with E-state index in [1.165, 1.54) is 50.5 Å². The Bertz CT molecular complexity index is 189. The maximum atomic E-state index is 2.27. The van der Waals surface area contributed by atoms with Gasteiger partial charge >= 0.3 is 0 Å². The lowest BCUT2D eigenvalue weighted by Gasteiger charge is -1.99. The van der Waals surface area contributed by atoms with E-state index in [4.69, 9.17) is 0 Å². The predicted octanol–water partition coefficient (Wildman–Crippen LogP) is 5.68. The lowest BCUT2D eigenvalue weighted by atomic mass is 10.1. The Balaban J connectivity index is 0.000000921. The summed E-state index contributed by atoms with van der Waals surface area (Å²) in [6, 6.07) is 2.25. The van der Waals surface area contributed by atoms with E-state index >= 15 is 0 Å². The number of rotatable bonds is 7. The van der Waals surface area contributed by atoms with Crippen LogP contribution in [0.15, 0.2) is 16.8 Å². The van der Waals surface area contributed by atoms with Gasteiger partial charge in [0, 0.05) is 0 Å². The molecule has 0 fully saturated rings. The Labute approximate surface area is 99.7 Å². The Kier molecular flexibility index (Phi) is 11.5. The fourth-order valence-electron chi connectivity index (χ4n) is 1.54. The molecule has 0 aliphatic heterocycles. The van der Waals surface area contributed by atoms with E-state index < -0.39 is 0 Å². The van der Waals surface area contributed by atoms with Crippen molar-refractivity contribution in [3.05, 3.63) is 22.4 Å². The van der Waals surface area contributed by atoms with Crippen LogP contribution in [0.5, 0.6) is 0 Å². The van der Waals surface area contributed by atoms with Gasteiger partial charge in [0.2, 0.25) is 0 Å². The molecule has 0 saturated carbocycles. The van der Waals surface area contributed by atoms with Crippen LogP contribution >= 0.6 is 11.3 Å². The van der Waals surface area contributed by atoms with Crippen molar-refractivity contribution in [3.8, 4) is 0 Å². The van der Waals surface area contributed by atoms with E-state index in [-0.39, 0.29) is 0 Å². The van der Waals surface area contributed by atoms with Crippen LogP contribution in [0.4, 0.5) is 0 Å². The molecule has 1 rings (SSSR count). The van der Waals surface area contributed by atoms with Gasteiger partial charge in [-0.25, -0.2) is 0 Å². The number of unbranched alkanes of at least 4 members (excludes halogenated alkanes) is 5. The maximum absolute atomic E-state index is 2.27. The van der Waals surface area contributed by atoms with Crippen LogP contribution in [0, 0.1) is 0 Å². The first-order valence-electron chi connectivity index (χ1n) is 6.44. The fourth-order valence-corrected chi connectivity index (χ4v) is 2.25. The summed E-state index contributed by atoms with van der Waals surface area (Å²) in [5, 5.41) is 4.44. The third kappa shape index (κ3) is 8.68. The molecule has 15 heavy (non-hydrogen) atoms. The molecule has 0 aliphatic carbocycles. The summed E-state index contributed by atoms with van der Waals surface area (Å²) < 4.78 is 0. The Hall–Kier alpha value is -0.300. The standard InChI is InChI=1S/C12H20S.C2H6/c1-2-3-4-5-6-7-8-12-9-10-13-11-12;1-2/h9-11H,2-8H2,1H3;1-2H3. The van der Waals surface area contributed by atoms with E-state index in [9.17, 15) is 0 Å². The van der Waals surface area contributed by atoms with Crippen LogP contribution in [0.3, 0.4) is 0 Å². The van der Waals surface area contributed by atoms with Crippen LogP contribution in [-0.4, -0.2) is 0 Å². The molecule has 0 radical (unpaired) electrons. The molecule has 1 aromatic heterocycles. The molecule has 0 bridgehead atoms. The highest BCUT2D eigenvalue weighted by Gasteiger charge is 1.93. The van der Waals surface area contributed by atoms with Gasteiger partial charge in [-0.15, -0.1) is 0 Å². The van der Waals surface area contributed by atoms with E-state index in [0.717, 1.165) is 0 Å². The molecule has 1 aromatic rings. The SMILES string of the molecule is CC.CCCCCCCCc1ccsc1. The first kappa shape index (κ1) is 14.7. The molecule has 0 atom stereocenters. The lowest BCUT2D eigenvalue weighted by molar-refractivity contribution is 0.608. The molecule has 0 nitrogen and oxygen atoms in total. The quantitative estimate of drug-likeness (QED) is 0.525. The minimum absolute atomic E-state index is 1.29. The molecule has 0 aliphatic rings. The number of thiophene rings is 1. The van der Waals surface area contributed by atoms with Gasteiger partial charge in [-0.3, -0.25) is 0 Å². The minimum atomic E-state index is 1.29. The third-order valence-corrected chi connectivity index (χ3v) is 3.13. The molecular weight excluding hydrogens is 200 g/mol. The molecule has 1 heteroatoms. The summed E-state index contributed by atoms with van der Waals surface area (Å²) in [7, 11) is 0. The van der Waals surface area contributed by atoms with E-state index in [1.807, 2.05) is 25.2 Å². The van der Waals surface area contributed by atoms with E-state index in [2.05, 4.69) is 23.8 Å². The minimum Gasteiger partial charge on any atom is -0.152 e. The van der Waals surface area contributed by atoms with Gasteiger partial charge in [-0.2, -0.15) is 11.3 Å². The number of hydrogen-bond acceptors (Lipinski definition) is 1. The molecule has 0 spiro atoms. The van der Waals surface area contributed by atoms with E-state index in [1.54, 1.807) is 0 Å². The second-order valence-corrected chi connectivity index (χ2v) is 4.43. The van der Waals surface area contributed by atoms with Crippen molar-refractivity contribution in [1.29, 1.82) is 0 Å². The molecule has 0 aromatic carbocycles. The van der Waals surface area contributed by atoms with Gasteiger partial charge in [0.25, 0.3) is 0 Å². The lowest BCUT2D eigenvalue weighted by Crippen LogP contribution is -1.83. The fraction of sp³-hybridized carbons (Fsp3) is 0.714. The molecule has 88 valence electrons. The highest BCUT2D eigenvalue weighted by molar-refractivity contribution is 7.07. The maximum Gasteiger partial charge on any atom is -0.00613 e. The first-order valence-corrected chi connectivity index (χ1v) is 7.39. The zero-order valence-corrected chi connectivity index (χ0v) is 11.4. The molecule has 1 heterocycles. The molecule has 0 amide bonds. The van der Waals surface area contributed by atoms with Crippen LogP contribution in [-0.2, 0) is 6.42 Å². The number of hydrogen-bond donors (Lipinski definition) is 0. The Morgan fingerprint density at radius 3 is 2.27 bits per heavy atom. The average Bonchev–Trinajstić information content (AvgIpc) is 2.79. The van der Waals surface area contributed by atoms with E-state index in [0.29, 0.717) is 0 Å². The monoisotopic (exact) mass is 226 g/mol. The Morgan fingerprint density at radius 2 is 1.67 bits per heavy atom. The molecular formula is C14H26S. The van der Waals surface area contributed by atoms with Gasteiger partial charge in [0.05, 0.1) is 0 Å². The van der Waals surface area contributed by atoms with Crippen molar-refractivity contribution < 1.29 is 0 Å². The second kappa shape index (κ2) is 11.8. The summed E-state index contributed by atoms with van der Waals surface area (Å²) in [6.07, 6.45) is 9.70. The van der Waals surface area contributed by atoms with Crippen LogP contribution in [0.1, 0.15) is 64.9 Å². The topological polar surface area (TPSA) is 0 Å². The first-order chi connectivity index (χ1) is 7.43. The van der Waals surface area contributed by atoms with Crippen molar-refractivity contribution in [1.82, 2.24) is 0 Å². The summed E-state index contributed by atoms with van der Waals surface area (Å²) in [5.74, 6) is 0. The molecule has 0 unspecified atom stereocenters. The second-order valence-electron chi connectivity index (χ2n) is 3.65. The summed E-state index contributed by atoms with van der Waals surface area (Å²) in [6.45, 7) is 6.27.